The van der Waals surface area contributed by atoms with Gasteiger partial charge in [-0.05, 0) is 35.3 Å². The summed E-state index contributed by atoms with van der Waals surface area (Å²) in [5.74, 6) is -0.342. The Hall–Kier alpha value is -1.26. The number of hydrogen-bond acceptors (Lipinski definition) is 3. The first-order valence-electron chi connectivity index (χ1n) is 4.11. The molecule has 72 valence electrons. The smallest absolute Gasteiger partial charge is 0.123 e. The number of hydrogen-bond donors (Lipinski definition) is 1. The highest BCUT2D eigenvalue weighted by molar-refractivity contribution is 7.05. The van der Waals surface area contributed by atoms with E-state index in [1.807, 2.05) is 0 Å². The molecule has 0 saturated heterocycles. The van der Waals surface area contributed by atoms with E-state index < -0.39 is 6.10 Å². The van der Waals surface area contributed by atoms with E-state index in [1.165, 1.54) is 23.7 Å². The summed E-state index contributed by atoms with van der Waals surface area (Å²) in [5, 5.41) is 9.81. The van der Waals surface area contributed by atoms with Gasteiger partial charge in [0.2, 0.25) is 0 Å². The monoisotopic (exact) mass is 209 g/mol. The van der Waals surface area contributed by atoms with Crippen molar-refractivity contribution in [3.05, 3.63) is 52.8 Å². The van der Waals surface area contributed by atoms with Crippen LogP contribution in [-0.4, -0.2) is 9.48 Å². The molecule has 4 heteroatoms. The number of benzene rings is 1. The van der Waals surface area contributed by atoms with Crippen LogP contribution in [0.5, 0.6) is 0 Å². The summed E-state index contributed by atoms with van der Waals surface area (Å²) in [7, 11) is 0. The largest absolute Gasteiger partial charge is 0.383 e. The van der Waals surface area contributed by atoms with Gasteiger partial charge < -0.3 is 5.11 Å². The molecular formula is C10H8FNOS. The van der Waals surface area contributed by atoms with Crippen LogP contribution in [0.15, 0.2) is 36.5 Å². The Bertz CT molecular complexity index is 416. The highest BCUT2D eigenvalue weighted by Crippen LogP contribution is 2.24. The molecule has 2 nitrogen and oxygen atoms in total. The van der Waals surface area contributed by atoms with Crippen molar-refractivity contribution in [1.29, 1.82) is 0 Å². The van der Waals surface area contributed by atoms with Gasteiger partial charge in [-0.1, -0.05) is 12.1 Å². The second-order valence-corrected chi connectivity index (χ2v) is 3.74. The molecule has 0 aliphatic heterocycles. The molecule has 1 aromatic heterocycles. The topological polar surface area (TPSA) is 33.1 Å². The van der Waals surface area contributed by atoms with Crippen LogP contribution in [0, 0.1) is 5.82 Å². The van der Waals surface area contributed by atoms with Crippen LogP contribution in [0.4, 0.5) is 4.39 Å². The zero-order valence-electron chi connectivity index (χ0n) is 7.22. The first-order chi connectivity index (χ1) is 6.77. The fraction of sp³-hybridized carbons (Fsp3) is 0.100. The second-order valence-electron chi connectivity index (χ2n) is 2.87. The van der Waals surface area contributed by atoms with Gasteiger partial charge in [0.1, 0.15) is 11.9 Å². The Morgan fingerprint density at radius 1 is 1.36 bits per heavy atom. The molecule has 0 amide bonds. The van der Waals surface area contributed by atoms with Crippen LogP contribution in [-0.2, 0) is 0 Å². The van der Waals surface area contributed by atoms with Gasteiger partial charge in [0.05, 0.1) is 4.88 Å². The number of halogens is 1. The van der Waals surface area contributed by atoms with E-state index in [0.717, 1.165) is 4.88 Å². The molecular weight excluding hydrogens is 201 g/mol. The standard InChI is InChI=1S/C10H8FNOS/c11-8-3-1-2-7(6-8)10(13)9-4-5-12-14-9/h1-6,10,13H. The van der Waals surface area contributed by atoms with E-state index in [-0.39, 0.29) is 5.82 Å². The maximum Gasteiger partial charge on any atom is 0.123 e. The highest BCUT2D eigenvalue weighted by atomic mass is 32.1. The number of nitrogens with zero attached hydrogens (tertiary/aromatic N) is 1. The highest BCUT2D eigenvalue weighted by Gasteiger charge is 2.11. The summed E-state index contributed by atoms with van der Waals surface area (Å²) in [4.78, 5) is 0.718. The van der Waals surface area contributed by atoms with E-state index in [2.05, 4.69) is 4.37 Å². The van der Waals surface area contributed by atoms with Gasteiger partial charge in [0.25, 0.3) is 0 Å². The average molecular weight is 209 g/mol. The molecule has 0 aliphatic rings. The van der Waals surface area contributed by atoms with Crippen LogP contribution in [0.3, 0.4) is 0 Å². The lowest BCUT2D eigenvalue weighted by atomic mass is 10.1. The third-order valence-corrected chi connectivity index (χ3v) is 2.69. The van der Waals surface area contributed by atoms with E-state index in [9.17, 15) is 9.50 Å². The van der Waals surface area contributed by atoms with Crippen LogP contribution in [0.2, 0.25) is 0 Å². The normalized spacial score (nSPS) is 12.7. The Kier molecular flexibility index (Phi) is 2.56. The van der Waals surface area contributed by atoms with Crippen LogP contribution < -0.4 is 0 Å². The minimum atomic E-state index is -0.779. The number of aliphatic hydroxyl groups excluding tert-OH is 1. The molecule has 1 atom stereocenters. The van der Waals surface area contributed by atoms with Gasteiger partial charge >= 0.3 is 0 Å². The van der Waals surface area contributed by atoms with Crippen molar-refractivity contribution in [2.24, 2.45) is 0 Å². The molecule has 0 radical (unpaired) electrons. The first-order valence-corrected chi connectivity index (χ1v) is 4.89. The number of rotatable bonds is 2. The molecule has 0 saturated carbocycles. The minimum Gasteiger partial charge on any atom is -0.383 e. The lowest BCUT2D eigenvalue weighted by Crippen LogP contribution is -1.97. The van der Waals surface area contributed by atoms with Crippen molar-refractivity contribution in [2.75, 3.05) is 0 Å². The lowest BCUT2D eigenvalue weighted by Gasteiger charge is -2.07. The van der Waals surface area contributed by atoms with Crippen molar-refractivity contribution < 1.29 is 9.50 Å². The maximum absolute atomic E-state index is 12.8. The molecule has 2 aromatic rings. The third-order valence-electron chi connectivity index (χ3n) is 1.89. The van der Waals surface area contributed by atoms with Gasteiger partial charge in [-0.15, -0.1) is 0 Å². The molecule has 0 bridgehead atoms. The summed E-state index contributed by atoms with van der Waals surface area (Å²) < 4.78 is 16.7. The van der Waals surface area contributed by atoms with Crippen LogP contribution >= 0.6 is 11.5 Å². The molecule has 2 rings (SSSR count). The van der Waals surface area contributed by atoms with E-state index in [1.54, 1.807) is 24.4 Å². The zero-order chi connectivity index (χ0) is 9.97. The Morgan fingerprint density at radius 2 is 2.21 bits per heavy atom. The number of aromatic nitrogens is 1. The van der Waals surface area contributed by atoms with Gasteiger partial charge in [-0.3, -0.25) is 0 Å². The van der Waals surface area contributed by atoms with Gasteiger partial charge in [-0.2, -0.15) is 0 Å². The van der Waals surface area contributed by atoms with Crippen LogP contribution in [0.1, 0.15) is 16.5 Å². The Morgan fingerprint density at radius 3 is 2.86 bits per heavy atom. The molecule has 0 spiro atoms. The van der Waals surface area contributed by atoms with Gasteiger partial charge in [0, 0.05) is 6.20 Å². The fourth-order valence-electron chi connectivity index (χ4n) is 1.21. The predicted molar refractivity (Wildman–Crippen MR) is 52.6 cm³/mol. The SMILES string of the molecule is OC(c1cccc(F)c1)c1ccns1. The van der Waals surface area contributed by atoms with E-state index in [4.69, 9.17) is 0 Å². The van der Waals surface area contributed by atoms with Crippen molar-refractivity contribution in [3.63, 3.8) is 0 Å². The van der Waals surface area contributed by atoms with Crippen molar-refractivity contribution >= 4 is 11.5 Å². The van der Waals surface area contributed by atoms with Crippen molar-refractivity contribution in [3.8, 4) is 0 Å². The Labute approximate surface area is 84.8 Å². The summed E-state index contributed by atoms with van der Waals surface area (Å²) in [5.41, 5.74) is 0.550. The quantitative estimate of drug-likeness (QED) is 0.823. The summed E-state index contributed by atoms with van der Waals surface area (Å²) >= 11 is 1.21. The summed E-state index contributed by atoms with van der Waals surface area (Å²) in [6.45, 7) is 0. The fourth-order valence-corrected chi connectivity index (χ4v) is 1.81. The number of aliphatic hydroxyl groups is 1. The summed E-state index contributed by atoms with van der Waals surface area (Å²) in [6, 6.07) is 7.66. The molecule has 14 heavy (non-hydrogen) atoms. The van der Waals surface area contributed by atoms with E-state index in [0.29, 0.717) is 5.56 Å². The minimum absolute atomic E-state index is 0.342. The van der Waals surface area contributed by atoms with Crippen molar-refractivity contribution in [1.82, 2.24) is 4.37 Å². The molecule has 1 N–H and O–H groups in total. The molecule has 0 aliphatic carbocycles. The molecule has 1 unspecified atom stereocenters. The lowest BCUT2D eigenvalue weighted by molar-refractivity contribution is 0.223. The maximum atomic E-state index is 12.8. The molecule has 0 fully saturated rings. The summed E-state index contributed by atoms with van der Waals surface area (Å²) in [6.07, 6.45) is 0.834. The predicted octanol–water partition coefficient (Wildman–Crippen LogP) is 2.36. The average Bonchev–Trinajstić information content (AvgIpc) is 2.69. The zero-order valence-corrected chi connectivity index (χ0v) is 8.04. The van der Waals surface area contributed by atoms with Gasteiger partial charge in [0.15, 0.2) is 0 Å². The third kappa shape index (κ3) is 1.81. The van der Waals surface area contributed by atoms with E-state index >= 15 is 0 Å². The van der Waals surface area contributed by atoms with Gasteiger partial charge in [-0.25, -0.2) is 8.76 Å². The first kappa shape index (κ1) is 9.30. The molecule has 1 aromatic carbocycles. The molecule has 1 heterocycles. The second kappa shape index (κ2) is 3.86. The van der Waals surface area contributed by atoms with Crippen molar-refractivity contribution in [2.45, 2.75) is 6.10 Å². The Balaban J connectivity index is 2.32. The van der Waals surface area contributed by atoms with Crippen LogP contribution in [0.25, 0.3) is 0 Å².